The Hall–Kier alpha value is 0.630. The van der Waals surface area contributed by atoms with Gasteiger partial charge in [0.25, 0.3) is 0 Å². The first-order chi connectivity index (χ1) is 8.35. The van der Waals surface area contributed by atoms with Crippen LogP contribution in [0, 0.1) is 0 Å². The third-order valence-electron chi connectivity index (χ3n) is 2.47. The van der Waals surface area contributed by atoms with Crippen molar-refractivity contribution in [2.45, 2.75) is 19.6 Å². The van der Waals surface area contributed by atoms with Crippen LogP contribution in [0.4, 0.5) is 0 Å². The van der Waals surface area contributed by atoms with Gasteiger partial charge in [0.05, 0.1) is 0 Å². The summed E-state index contributed by atoms with van der Waals surface area (Å²) in [5.74, 6) is 0. The van der Waals surface area contributed by atoms with E-state index in [1.807, 2.05) is 0 Å². The van der Waals surface area contributed by atoms with Crippen molar-refractivity contribution in [3.8, 4) is 0 Å². The Morgan fingerprint density at radius 1 is 0.529 bits per heavy atom. The van der Waals surface area contributed by atoms with Gasteiger partial charge >= 0.3 is 117 Å². The molecule has 0 unspecified atom stereocenters. The molecule has 2 aromatic rings. The maximum atomic E-state index is 2.28. The second-order valence-corrected chi connectivity index (χ2v) is 36.0. The second-order valence-electron chi connectivity index (χ2n) is 3.64. The van der Waals surface area contributed by atoms with Gasteiger partial charge in [-0.15, -0.1) is 0 Å². The molecule has 0 amide bonds. The molecule has 2 aliphatic heterocycles. The molecule has 0 bridgehead atoms. The predicted molar refractivity (Wildman–Crippen MR) is 82.1 cm³/mol. The average Bonchev–Trinajstić information content (AvgIpc) is 2.87. The minimum absolute atomic E-state index is 1.51. The van der Waals surface area contributed by atoms with E-state index >= 15 is 0 Å². The summed E-state index contributed by atoms with van der Waals surface area (Å²) in [6, 6.07) is 17.7. The molecule has 86 valence electrons. The van der Waals surface area contributed by atoms with E-state index in [0.717, 1.165) is 0 Å². The Labute approximate surface area is 115 Å². The predicted octanol–water partition coefficient (Wildman–Crippen LogP) is 5.22. The van der Waals surface area contributed by atoms with E-state index in [0.29, 0.717) is 0 Å². The molecule has 0 saturated carbocycles. The Kier molecular flexibility index (Phi) is 2.92. The molecule has 0 atom stereocenters. The Bertz CT molecular complexity index is 492. The van der Waals surface area contributed by atoms with Crippen molar-refractivity contribution >= 4 is 48.6 Å². The zero-order valence-corrected chi connectivity index (χ0v) is 14.3. The molecule has 0 aromatic heterocycles. The first-order valence-electron chi connectivity index (χ1n) is 5.14. The Balaban J connectivity index is 1.72. The molecule has 2 heterocycles. The van der Waals surface area contributed by atoms with Gasteiger partial charge in [0, 0.05) is 0 Å². The first-order valence-corrected chi connectivity index (χ1v) is 19.5. The summed E-state index contributed by atoms with van der Waals surface area (Å²) in [4.78, 5) is 6.02. The van der Waals surface area contributed by atoms with E-state index < -0.39 is 12.7 Å². The summed E-state index contributed by atoms with van der Waals surface area (Å²) in [6.45, 7) is 0. The third-order valence-corrected chi connectivity index (χ3v) is 35.3. The molecule has 2 aromatic carbocycles. The number of fused-ring (bicyclic) bond motifs is 2. The molecule has 0 N–H and O–H groups in total. The van der Waals surface area contributed by atoms with Crippen LogP contribution in [-0.2, 0) is 0 Å². The number of rotatable bonds is 0. The monoisotopic (exact) mass is 410 g/mol. The van der Waals surface area contributed by atoms with E-state index in [1.54, 1.807) is 0 Å². The van der Waals surface area contributed by atoms with Crippen LogP contribution in [-0.4, -0.2) is 12.7 Å². The van der Waals surface area contributed by atoms with E-state index in [1.165, 1.54) is 19.6 Å². The molecule has 0 saturated heterocycles. The van der Waals surface area contributed by atoms with Crippen molar-refractivity contribution in [3.05, 3.63) is 48.5 Å². The molecule has 0 fully saturated rings. The molecule has 5 heteroatoms. The Morgan fingerprint density at radius 3 is 1.12 bits per heavy atom. The number of hydrogen-bond donors (Lipinski definition) is 0. The van der Waals surface area contributed by atoms with Crippen molar-refractivity contribution in [1.82, 2.24) is 0 Å². The van der Waals surface area contributed by atoms with Crippen LogP contribution in [0.5, 0.6) is 0 Å². The van der Waals surface area contributed by atoms with Crippen molar-refractivity contribution < 1.29 is 0 Å². The van der Waals surface area contributed by atoms with Crippen molar-refractivity contribution in [1.29, 1.82) is 0 Å². The van der Waals surface area contributed by atoms with Crippen LogP contribution >= 0.6 is 36.0 Å². The van der Waals surface area contributed by atoms with Crippen molar-refractivity contribution in [3.63, 3.8) is 0 Å². The summed E-state index contributed by atoms with van der Waals surface area (Å²) >= 11 is -2.00. The maximum absolute atomic E-state index is 2.28. The summed E-state index contributed by atoms with van der Waals surface area (Å²) < 4.78 is 0. The molecule has 1 spiro atoms. The van der Waals surface area contributed by atoms with Gasteiger partial charge in [0.1, 0.15) is 0 Å². The molecular formula is C12H8S4Te. The molecule has 0 aliphatic carbocycles. The van der Waals surface area contributed by atoms with Crippen molar-refractivity contribution in [2.24, 2.45) is 0 Å². The van der Waals surface area contributed by atoms with Crippen molar-refractivity contribution in [2.75, 3.05) is 0 Å². The molecule has 0 radical (unpaired) electrons. The van der Waals surface area contributed by atoms with Crippen LogP contribution in [0.25, 0.3) is 0 Å². The van der Waals surface area contributed by atoms with Crippen LogP contribution in [0.3, 0.4) is 0 Å². The second kappa shape index (κ2) is 4.33. The standard InChI is InChI=1S/C12H8S4Te/c1-2-6-10-9(5-1)13-17(14-10)15-11-7-3-4-8-12(11)16-17/h1-8H. The zero-order chi connectivity index (χ0) is 11.3. The molecule has 4 rings (SSSR count). The van der Waals surface area contributed by atoms with Gasteiger partial charge in [-0.05, 0) is 0 Å². The van der Waals surface area contributed by atoms with Gasteiger partial charge in [0.2, 0.25) is 0 Å². The van der Waals surface area contributed by atoms with Gasteiger partial charge in [-0.25, -0.2) is 0 Å². The van der Waals surface area contributed by atoms with E-state index in [2.05, 4.69) is 84.5 Å². The third kappa shape index (κ3) is 1.96. The first kappa shape index (κ1) is 11.5. The summed E-state index contributed by atoms with van der Waals surface area (Å²) in [6.07, 6.45) is 0. The number of benzene rings is 2. The summed E-state index contributed by atoms with van der Waals surface area (Å²) in [5, 5.41) is 0. The van der Waals surface area contributed by atoms with Crippen LogP contribution in [0.15, 0.2) is 68.1 Å². The molecule has 0 nitrogen and oxygen atoms in total. The van der Waals surface area contributed by atoms with E-state index in [9.17, 15) is 0 Å². The SMILES string of the molecule is c1ccc2c(c1)S[Te]1(S2)Sc2ccccc2S1. The normalized spacial score (nSPS) is 21.2. The fraction of sp³-hybridized carbons (Fsp3) is 0. The van der Waals surface area contributed by atoms with Crippen LogP contribution in [0.2, 0.25) is 0 Å². The quantitative estimate of drug-likeness (QED) is 0.549. The zero-order valence-electron chi connectivity index (χ0n) is 8.66. The summed E-state index contributed by atoms with van der Waals surface area (Å²) in [7, 11) is 8.73. The molecule has 2 aliphatic rings. The topological polar surface area (TPSA) is 0 Å². The van der Waals surface area contributed by atoms with Gasteiger partial charge in [-0.2, -0.15) is 0 Å². The summed E-state index contributed by atoms with van der Waals surface area (Å²) in [5.41, 5.74) is 0. The van der Waals surface area contributed by atoms with E-state index in [4.69, 9.17) is 0 Å². The fourth-order valence-electron chi connectivity index (χ4n) is 1.72. The van der Waals surface area contributed by atoms with Gasteiger partial charge in [-0.1, -0.05) is 0 Å². The molecule has 17 heavy (non-hydrogen) atoms. The van der Waals surface area contributed by atoms with E-state index in [-0.39, 0.29) is 0 Å². The van der Waals surface area contributed by atoms with Crippen LogP contribution < -0.4 is 0 Å². The van der Waals surface area contributed by atoms with Gasteiger partial charge in [-0.3, -0.25) is 0 Å². The van der Waals surface area contributed by atoms with Gasteiger partial charge in [0.15, 0.2) is 0 Å². The Morgan fingerprint density at radius 2 is 0.824 bits per heavy atom. The average molecular weight is 408 g/mol. The fourth-order valence-corrected chi connectivity index (χ4v) is 42.5. The van der Waals surface area contributed by atoms with Crippen LogP contribution in [0.1, 0.15) is 0 Å². The molecular weight excluding hydrogens is 400 g/mol. The van der Waals surface area contributed by atoms with Gasteiger partial charge < -0.3 is 0 Å². The number of hydrogen-bond acceptors (Lipinski definition) is 4. The minimum atomic E-state index is -2.00.